The molecule has 0 spiro atoms. The quantitative estimate of drug-likeness (QED) is 0.272. The normalized spacial score (nSPS) is 11.7. The summed E-state index contributed by atoms with van der Waals surface area (Å²) in [5, 5.41) is -0.407. The van der Waals surface area contributed by atoms with E-state index < -0.39 is 40.4 Å². The van der Waals surface area contributed by atoms with E-state index in [1.807, 2.05) is 0 Å². The highest BCUT2D eigenvalue weighted by molar-refractivity contribution is 7.17. The average Bonchev–Trinajstić information content (AvgIpc) is 3.19. The third-order valence-corrected chi connectivity index (χ3v) is 5.78. The van der Waals surface area contributed by atoms with Crippen LogP contribution >= 0.6 is 11.3 Å². The number of benzene rings is 3. The molecular formula is C24H14F6OS. The van der Waals surface area contributed by atoms with Crippen LogP contribution in [-0.4, -0.2) is 0 Å². The maximum atomic E-state index is 13.8. The molecule has 0 aliphatic rings. The maximum Gasteiger partial charge on any atom is 0.420 e. The van der Waals surface area contributed by atoms with Crippen LogP contribution < -0.4 is 4.74 Å². The van der Waals surface area contributed by atoms with Gasteiger partial charge >= 0.3 is 6.18 Å². The van der Waals surface area contributed by atoms with Gasteiger partial charge < -0.3 is 4.74 Å². The topological polar surface area (TPSA) is 9.23 Å². The molecule has 4 rings (SSSR count). The van der Waals surface area contributed by atoms with Crippen LogP contribution in [0.3, 0.4) is 0 Å². The number of ether oxygens (including phenoxy) is 1. The summed E-state index contributed by atoms with van der Waals surface area (Å²) in [5.74, 6) is -1.54. The average molecular weight is 464 g/mol. The molecule has 0 aliphatic carbocycles. The Morgan fingerprint density at radius 2 is 1.09 bits per heavy atom. The molecular weight excluding hydrogens is 450 g/mol. The summed E-state index contributed by atoms with van der Waals surface area (Å²) in [6, 6.07) is 16.2. The first-order chi connectivity index (χ1) is 15.2. The van der Waals surface area contributed by atoms with Gasteiger partial charge in [0.2, 0.25) is 0 Å². The first-order valence-electron chi connectivity index (χ1n) is 9.35. The van der Waals surface area contributed by atoms with Crippen molar-refractivity contribution in [1.82, 2.24) is 0 Å². The van der Waals surface area contributed by atoms with E-state index in [2.05, 4.69) is 0 Å². The fraction of sp³-hybridized carbons (Fsp3) is 0.0833. The Bertz CT molecular complexity index is 1150. The van der Waals surface area contributed by atoms with E-state index in [0.717, 1.165) is 53.8 Å². The van der Waals surface area contributed by atoms with Crippen LogP contribution in [0, 0.1) is 17.5 Å². The van der Waals surface area contributed by atoms with Gasteiger partial charge in [-0.25, -0.2) is 13.2 Å². The van der Waals surface area contributed by atoms with Crippen molar-refractivity contribution in [1.29, 1.82) is 0 Å². The predicted molar refractivity (Wildman–Crippen MR) is 110 cm³/mol. The molecule has 0 N–H and O–H groups in total. The second kappa shape index (κ2) is 8.70. The number of hydrogen-bond donors (Lipinski definition) is 0. The lowest BCUT2D eigenvalue weighted by atomic mass is 10.0. The minimum absolute atomic E-state index is 0.240. The van der Waals surface area contributed by atoms with Crippen molar-refractivity contribution in [2.45, 2.75) is 12.3 Å². The van der Waals surface area contributed by atoms with Gasteiger partial charge in [0.1, 0.15) is 29.1 Å². The van der Waals surface area contributed by atoms with Gasteiger partial charge in [-0.3, -0.25) is 0 Å². The number of hydrogen-bond acceptors (Lipinski definition) is 2. The standard InChI is InChI=1S/C24H14F6OS/c25-17-7-1-14(2-8-17)21-13-20(24(28,29)30)23(32-21)31-22(15-3-9-18(26)10-4-15)16-5-11-19(27)12-6-16/h1-13,22H. The summed E-state index contributed by atoms with van der Waals surface area (Å²) < 4.78 is 87.2. The molecule has 4 aromatic rings. The SMILES string of the molecule is Fc1ccc(-c2cc(C(F)(F)F)c(OC(c3ccc(F)cc3)c3ccc(F)cc3)s2)cc1. The van der Waals surface area contributed by atoms with Gasteiger partial charge in [0.25, 0.3) is 0 Å². The van der Waals surface area contributed by atoms with Gasteiger partial charge in [0, 0.05) is 4.88 Å². The van der Waals surface area contributed by atoms with Crippen LogP contribution in [0.2, 0.25) is 0 Å². The zero-order valence-corrected chi connectivity index (χ0v) is 17.0. The summed E-state index contributed by atoms with van der Waals surface area (Å²) in [5.41, 5.74) is 0.193. The van der Waals surface area contributed by atoms with Gasteiger partial charge in [-0.05, 0) is 59.2 Å². The second-order valence-corrected chi connectivity index (χ2v) is 7.93. The second-order valence-electron chi connectivity index (χ2n) is 6.92. The van der Waals surface area contributed by atoms with E-state index in [9.17, 15) is 26.3 Å². The highest BCUT2D eigenvalue weighted by Gasteiger charge is 2.37. The fourth-order valence-corrected chi connectivity index (χ4v) is 4.19. The van der Waals surface area contributed by atoms with Crippen LogP contribution in [-0.2, 0) is 6.18 Å². The minimum Gasteiger partial charge on any atom is -0.471 e. The van der Waals surface area contributed by atoms with E-state index in [-0.39, 0.29) is 4.88 Å². The molecule has 0 unspecified atom stereocenters. The smallest absolute Gasteiger partial charge is 0.420 e. The summed E-state index contributed by atoms with van der Waals surface area (Å²) in [4.78, 5) is 0.240. The van der Waals surface area contributed by atoms with E-state index in [1.54, 1.807) is 0 Å². The molecule has 0 bridgehead atoms. The lowest BCUT2D eigenvalue weighted by Gasteiger charge is -2.20. The van der Waals surface area contributed by atoms with Crippen molar-refractivity contribution in [3.63, 3.8) is 0 Å². The third kappa shape index (κ3) is 4.80. The lowest BCUT2D eigenvalue weighted by molar-refractivity contribution is -0.138. The Balaban J connectivity index is 1.79. The Morgan fingerprint density at radius 1 is 0.656 bits per heavy atom. The maximum absolute atomic E-state index is 13.8. The van der Waals surface area contributed by atoms with Crippen molar-refractivity contribution in [3.8, 4) is 15.5 Å². The Kier molecular flexibility index (Phi) is 5.97. The molecule has 0 aliphatic heterocycles. The van der Waals surface area contributed by atoms with Gasteiger partial charge in [-0.15, -0.1) is 0 Å². The van der Waals surface area contributed by atoms with Gasteiger partial charge in [-0.1, -0.05) is 47.7 Å². The van der Waals surface area contributed by atoms with E-state index in [4.69, 9.17) is 4.74 Å². The van der Waals surface area contributed by atoms with Crippen LogP contribution in [0.5, 0.6) is 5.06 Å². The van der Waals surface area contributed by atoms with Crippen molar-refractivity contribution in [2.75, 3.05) is 0 Å². The number of thiophene rings is 1. The largest absolute Gasteiger partial charge is 0.471 e. The highest BCUT2D eigenvalue weighted by atomic mass is 32.1. The molecule has 8 heteroatoms. The molecule has 0 saturated heterocycles. The minimum atomic E-state index is -4.71. The zero-order chi connectivity index (χ0) is 22.9. The predicted octanol–water partition coefficient (Wildman–Crippen LogP) is 8.02. The van der Waals surface area contributed by atoms with Crippen molar-refractivity contribution in [2.24, 2.45) is 0 Å². The molecule has 1 heterocycles. The summed E-state index contributed by atoms with van der Waals surface area (Å²) in [7, 11) is 0. The fourth-order valence-electron chi connectivity index (χ4n) is 3.13. The Hall–Kier alpha value is -3.26. The van der Waals surface area contributed by atoms with E-state index >= 15 is 0 Å². The van der Waals surface area contributed by atoms with Gasteiger partial charge in [0.05, 0.1) is 0 Å². The van der Waals surface area contributed by atoms with Crippen molar-refractivity contribution in [3.05, 3.63) is 113 Å². The van der Waals surface area contributed by atoms with Crippen LogP contribution in [0.15, 0.2) is 78.9 Å². The summed E-state index contributed by atoms with van der Waals surface area (Å²) in [6.07, 6.45) is -5.75. The monoisotopic (exact) mass is 464 g/mol. The summed E-state index contributed by atoms with van der Waals surface area (Å²) in [6.45, 7) is 0. The van der Waals surface area contributed by atoms with E-state index in [1.165, 1.54) is 36.4 Å². The van der Waals surface area contributed by atoms with Crippen LogP contribution in [0.4, 0.5) is 26.3 Å². The molecule has 0 fully saturated rings. The molecule has 3 aromatic carbocycles. The first-order valence-corrected chi connectivity index (χ1v) is 10.2. The zero-order valence-electron chi connectivity index (χ0n) is 16.2. The third-order valence-electron chi connectivity index (χ3n) is 4.70. The van der Waals surface area contributed by atoms with E-state index in [0.29, 0.717) is 16.7 Å². The molecule has 1 aromatic heterocycles. The number of alkyl halides is 3. The lowest BCUT2D eigenvalue weighted by Crippen LogP contribution is -2.12. The van der Waals surface area contributed by atoms with Crippen molar-refractivity contribution < 1.29 is 31.1 Å². The molecule has 164 valence electrons. The Morgan fingerprint density at radius 3 is 1.53 bits per heavy atom. The molecule has 0 atom stereocenters. The van der Waals surface area contributed by atoms with Crippen molar-refractivity contribution >= 4 is 11.3 Å². The molecule has 1 nitrogen and oxygen atoms in total. The Labute approximate surface area is 183 Å². The number of rotatable bonds is 5. The molecule has 32 heavy (non-hydrogen) atoms. The van der Waals surface area contributed by atoms with Gasteiger partial charge in [-0.2, -0.15) is 13.2 Å². The highest BCUT2D eigenvalue weighted by Crippen LogP contribution is 2.47. The van der Waals surface area contributed by atoms with Gasteiger partial charge in [0.15, 0.2) is 5.06 Å². The first kappa shape index (κ1) is 22.0. The number of halogens is 6. The molecule has 0 amide bonds. The van der Waals surface area contributed by atoms with Crippen LogP contribution in [0.25, 0.3) is 10.4 Å². The molecule has 0 saturated carbocycles. The molecule has 0 radical (unpaired) electrons. The summed E-state index contributed by atoms with van der Waals surface area (Å²) >= 11 is 0.756. The van der Waals surface area contributed by atoms with Crippen LogP contribution in [0.1, 0.15) is 22.8 Å².